The van der Waals surface area contributed by atoms with Crippen molar-refractivity contribution in [3.05, 3.63) is 54.1 Å². The molecule has 90 valence electrons. The Balaban J connectivity index is 2.63. The number of rotatable bonds is 2. The van der Waals surface area contributed by atoms with Gasteiger partial charge in [0.1, 0.15) is 0 Å². The van der Waals surface area contributed by atoms with Crippen LogP contribution in [0.5, 0.6) is 0 Å². The number of para-hydroxylation sites is 1. The molecule has 0 saturated heterocycles. The van der Waals surface area contributed by atoms with E-state index < -0.39 is 0 Å². The molecule has 0 amide bonds. The molecule has 0 bridgehead atoms. The monoisotopic (exact) mass is 235 g/mol. The Kier molecular flexibility index (Phi) is 2.48. The van der Waals surface area contributed by atoms with Crippen LogP contribution in [0.4, 0.5) is 0 Å². The quantitative estimate of drug-likeness (QED) is 0.603. The minimum absolute atomic E-state index is 1.04. The molecule has 3 aromatic rings. The molecule has 3 rings (SSSR count). The molecule has 18 heavy (non-hydrogen) atoms. The first kappa shape index (κ1) is 11.1. The van der Waals surface area contributed by atoms with Crippen LogP contribution in [0.3, 0.4) is 0 Å². The molecular weight excluding hydrogens is 218 g/mol. The van der Waals surface area contributed by atoms with E-state index >= 15 is 0 Å². The smallest absolute Gasteiger partial charge is 0.0566 e. The van der Waals surface area contributed by atoms with E-state index in [1.54, 1.807) is 0 Å². The summed E-state index contributed by atoms with van der Waals surface area (Å²) < 4.78 is 2.21. The van der Waals surface area contributed by atoms with E-state index in [1.165, 1.54) is 32.9 Å². The summed E-state index contributed by atoms with van der Waals surface area (Å²) in [4.78, 5) is 0. The molecule has 0 N–H and O–H groups in total. The zero-order chi connectivity index (χ0) is 12.7. The topological polar surface area (TPSA) is 4.93 Å². The van der Waals surface area contributed by atoms with Crippen molar-refractivity contribution in [3.63, 3.8) is 0 Å². The van der Waals surface area contributed by atoms with E-state index in [4.69, 9.17) is 0 Å². The van der Waals surface area contributed by atoms with Crippen LogP contribution in [0, 0.1) is 6.92 Å². The molecule has 0 atom stereocenters. The minimum Gasteiger partial charge on any atom is -0.316 e. The van der Waals surface area contributed by atoms with Crippen LogP contribution < -0.4 is 0 Å². The Labute approximate surface area is 107 Å². The number of fused-ring (bicyclic) bond motifs is 3. The first-order valence-electron chi connectivity index (χ1n) is 6.41. The van der Waals surface area contributed by atoms with Crippen LogP contribution >= 0.6 is 0 Å². The zero-order valence-electron chi connectivity index (χ0n) is 10.9. The lowest BCUT2D eigenvalue weighted by Crippen LogP contribution is -1.91. The van der Waals surface area contributed by atoms with Crippen LogP contribution in [-0.4, -0.2) is 4.57 Å². The number of aromatic nitrogens is 1. The third kappa shape index (κ3) is 1.40. The van der Waals surface area contributed by atoms with Crippen LogP contribution in [0.2, 0.25) is 0 Å². The molecule has 1 heterocycles. The molecule has 0 fully saturated rings. The number of aryl methyl sites for hydroxylation is 2. The third-order valence-corrected chi connectivity index (χ3v) is 3.59. The summed E-state index contributed by atoms with van der Waals surface area (Å²) >= 11 is 0. The second kappa shape index (κ2) is 4.02. The van der Waals surface area contributed by atoms with Gasteiger partial charge in [0.2, 0.25) is 0 Å². The van der Waals surface area contributed by atoms with E-state index in [2.05, 4.69) is 61.4 Å². The first-order chi connectivity index (χ1) is 8.76. The van der Waals surface area contributed by atoms with Crippen molar-refractivity contribution in [2.75, 3.05) is 0 Å². The maximum atomic E-state index is 3.96. The Hall–Kier alpha value is -2.02. The van der Waals surface area contributed by atoms with Crippen LogP contribution in [0.15, 0.2) is 43.0 Å². The lowest BCUT2D eigenvalue weighted by atomic mass is 10.0. The highest BCUT2D eigenvalue weighted by molar-refractivity contribution is 6.10. The predicted octanol–water partition coefficient (Wildman–Crippen LogP) is 4.77. The maximum absolute atomic E-state index is 3.96. The lowest BCUT2D eigenvalue weighted by molar-refractivity contribution is 1.13. The largest absolute Gasteiger partial charge is 0.316 e. The van der Waals surface area contributed by atoms with Crippen molar-refractivity contribution in [3.8, 4) is 0 Å². The second-order valence-electron chi connectivity index (χ2n) is 4.74. The van der Waals surface area contributed by atoms with Gasteiger partial charge in [-0.05, 0) is 31.0 Å². The molecule has 0 aliphatic heterocycles. The third-order valence-electron chi connectivity index (χ3n) is 3.59. The van der Waals surface area contributed by atoms with Gasteiger partial charge in [0, 0.05) is 17.0 Å². The molecule has 0 unspecified atom stereocenters. The van der Waals surface area contributed by atoms with Crippen molar-refractivity contribution in [1.82, 2.24) is 4.57 Å². The highest BCUT2D eigenvalue weighted by Crippen LogP contribution is 2.32. The Morgan fingerprint density at radius 3 is 2.67 bits per heavy atom. The van der Waals surface area contributed by atoms with Crippen molar-refractivity contribution >= 4 is 28.0 Å². The standard InChI is InChI=1S/C17H17N/c1-4-13-10-12(3)11-15-14-8-6-7-9-16(14)18(5-2)17(13)15/h5-11H,2,4H2,1,3H3. The minimum atomic E-state index is 1.04. The summed E-state index contributed by atoms with van der Waals surface area (Å²) in [5.41, 5.74) is 5.26. The number of nitrogens with zero attached hydrogens (tertiary/aromatic N) is 1. The van der Waals surface area contributed by atoms with E-state index in [-0.39, 0.29) is 0 Å². The molecule has 1 nitrogen and oxygen atoms in total. The van der Waals surface area contributed by atoms with Crippen molar-refractivity contribution in [2.45, 2.75) is 20.3 Å². The summed E-state index contributed by atoms with van der Waals surface area (Å²) in [5.74, 6) is 0. The van der Waals surface area contributed by atoms with Gasteiger partial charge in [-0.1, -0.05) is 43.3 Å². The summed E-state index contributed by atoms with van der Waals surface area (Å²) in [6.45, 7) is 8.34. The highest BCUT2D eigenvalue weighted by Gasteiger charge is 2.11. The van der Waals surface area contributed by atoms with Crippen LogP contribution in [-0.2, 0) is 6.42 Å². The Morgan fingerprint density at radius 2 is 1.94 bits per heavy atom. The van der Waals surface area contributed by atoms with E-state index in [0.717, 1.165) is 6.42 Å². The maximum Gasteiger partial charge on any atom is 0.0566 e. The first-order valence-corrected chi connectivity index (χ1v) is 6.41. The number of benzene rings is 2. The number of hydrogen-bond donors (Lipinski definition) is 0. The van der Waals surface area contributed by atoms with E-state index in [0.29, 0.717) is 0 Å². The number of hydrogen-bond acceptors (Lipinski definition) is 0. The fourth-order valence-electron chi connectivity index (χ4n) is 2.83. The van der Waals surface area contributed by atoms with Gasteiger partial charge in [0.05, 0.1) is 11.0 Å². The summed E-state index contributed by atoms with van der Waals surface area (Å²) in [7, 11) is 0. The van der Waals surface area contributed by atoms with Crippen molar-refractivity contribution < 1.29 is 0 Å². The van der Waals surface area contributed by atoms with Gasteiger partial charge in [-0.15, -0.1) is 0 Å². The summed E-state index contributed by atoms with van der Waals surface area (Å²) in [6, 6.07) is 13.1. The molecular formula is C17H17N. The molecule has 1 heteroatoms. The summed E-state index contributed by atoms with van der Waals surface area (Å²) in [5, 5.41) is 2.65. The van der Waals surface area contributed by atoms with Gasteiger partial charge >= 0.3 is 0 Å². The van der Waals surface area contributed by atoms with Gasteiger partial charge in [-0.3, -0.25) is 0 Å². The SMILES string of the molecule is C=Cn1c2ccccc2c2cc(C)cc(CC)c21. The van der Waals surface area contributed by atoms with Crippen LogP contribution in [0.25, 0.3) is 28.0 Å². The molecule has 0 aliphatic carbocycles. The average molecular weight is 235 g/mol. The molecule has 0 saturated carbocycles. The Bertz CT molecular complexity index is 747. The fourth-order valence-corrected chi connectivity index (χ4v) is 2.83. The fraction of sp³-hybridized carbons (Fsp3) is 0.176. The predicted molar refractivity (Wildman–Crippen MR) is 79.9 cm³/mol. The molecule has 2 aromatic carbocycles. The van der Waals surface area contributed by atoms with Gasteiger partial charge in [-0.25, -0.2) is 0 Å². The summed E-state index contributed by atoms with van der Waals surface area (Å²) in [6.07, 6.45) is 2.96. The van der Waals surface area contributed by atoms with Gasteiger partial charge < -0.3 is 4.57 Å². The van der Waals surface area contributed by atoms with Crippen molar-refractivity contribution in [2.24, 2.45) is 0 Å². The van der Waals surface area contributed by atoms with Gasteiger partial charge in [0.25, 0.3) is 0 Å². The second-order valence-corrected chi connectivity index (χ2v) is 4.74. The van der Waals surface area contributed by atoms with E-state index in [1.807, 2.05) is 6.20 Å². The van der Waals surface area contributed by atoms with Crippen LogP contribution in [0.1, 0.15) is 18.1 Å². The van der Waals surface area contributed by atoms with Gasteiger partial charge in [0.15, 0.2) is 0 Å². The highest BCUT2D eigenvalue weighted by atomic mass is 15.0. The molecule has 0 spiro atoms. The Morgan fingerprint density at radius 1 is 1.17 bits per heavy atom. The normalized spacial score (nSPS) is 11.2. The van der Waals surface area contributed by atoms with Gasteiger partial charge in [-0.2, -0.15) is 0 Å². The average Bonchev–Trinajstić information content (AvgIpc) is 2.72. The van der Waals surface area contributed by atoms with E-state index in [9.17, 15) is 0 Å². The molecule has 1 aromatic heterocycles. The lowest BCUT2D eigenvalue weighted by Gasteiger charge is -2.06. The molecule has 0 aliphatic rings. The van der Waals surface area contributed by atoms with Crippen molar-refractivity contribution in [1.29, 1.82) is 0 Å². The molecule has 0 radical (unpaired) electrons. The zero-order valence-corrected chi connectivity index (χ0v) is 10.9.